The van der Waals surface area contributed by atoms with Gasteiger partial charge in [0, 0.05) is 24.5 Å². The van der Waals surface area contributed by atoms with Gasteiger partial charge in [-0.05, 0) is 19.2 Å². The Morgan fingerprint density at radius 3 is 3.08 bits per heavy atom. The lowest BCUT2D eigenvalue weighted by Gasteiger charge is -2.07. The molecule has 1 aromatic heterocycles. The van der Waals surface area contributed by atoms with E-state index in [0.29, 0.717) is 5.56 Å². The first-order valence-corrected chi connectivity index (χ1v) is 4.02. The number of likely N-dealkylation sites (N-methyl/N-ethyl adjacent to an activating group) is 1. The van der Waals surface area contributed by atoms with Crippen LogP contribution in [0.25, 0.3) is 0 Å². The molecule has 1 heterocycles. The third-order valence-electron chi connectivity index (χ3n) is 1.65. The molecule has 13 heavy (non-hydrogen) atoms. The number of Topliss-reactive ketones (excluding diaryl/α,β-unsaturated/α-hetero) is 1. The van der Waals surface area contributed by atoms with E-state index in [1.54, 1.807) is 25.4 Å². The van der Waals surface area contributed by atoms with Crippen LogP contribution in [0.15, 0.2) is 24.5 Å². The molecule has 4 nitrogen and oxygen atoms in total. The van der Waals surface area contributed by atoms with E-state index in [0.717, 1.165) is 0 Å². The Kier molecular flexibility index (Phi) is 3.54. The summed E-state index contributed by atoms with van der Waals surface area (Å²) in [4.78, 5) is 15.2. The van der Waals surface area contributed by atoms with Crippen molar-refractivity contribution >= 4 is 5.78 Å². The summed E-state index contributed by atoms with van der Waals surface area (Å²) in [6.45, 7) is 0.258. The van der Waals surface area contributed by atoms with Gasteiger partial charge >= 0.3 is 0 Å². The van der Waals surface area contributed by atoms with E-state index in [1.165, 1.54) is 6.20 Å². The molecule has 0 amide bonds. The second-order valence-corrected chi connectivity index (χ2v) is 2.68. The van der Waals surface area contributed by atoms with Gasteiger partial charge in [-0.15, -0.1) is 0 Å². The van der Waals surface area contributed by atoms with E-state index in [9.17, 15) is 9.90 Å². The molecule has 0 aromatic carbocycles. The van der Waals surface area contributed by atoms with Crippen molar-refractivity contribution in [2.45, 2.75) is 6.10 Å². The molecule has 0 saturated carbocycles. The van der Waals surface area contributed by atoms with Crippen LogP contribution in [-0.4, -0.2) is 35.6 Å². The van der Waals surface area contributed by atoms with Gasteiger partial charge in [-0.1, -0.05) is 0 Å². The van der Waals surface area contributed by atoms with Crippen LogP contribution >= 0.6 is 0 Å². The van der Waals surface area contributed by atoms with Gasteiger partial charge in [-0.2, -0.15) is 0 Å². The number of aliphatic hydroxyl groups excluding tert-OH is 1. The number of carbonyl (C=O) groups excluding carboxylic acids is 1. The molecule has 2 N–H and O–H groups in total. The first-order valence-electron chi connectivity index (χ1n) is 4.02. The van der Waals surface area contributed by atoms with Gasteiger partial charge in [0.15, 0.2) is 5.78 Å². The molecule has 0 aliphatic heterocycles. The molecule has 0 radical (unpaired) electrons. The van der Waals surface area contributed by atoms with E-state index in [-0.39, 0.29) is 12.3 Å². The number of nitrogens with one attached hydrogen (secondary N) is 1. The molecule has 1 aromatic rings. The van der Waals surface area contributed by atoms with Crippen molar-refractivity contribution in [1.29, 1.82) is 0 Å². The number of pyridine rings is 1. The number of rotatable bonds is 4. The van der Waals surface area contributed by atoms with Crippen LogP contribution < -0.4 is 5.32 Å². The van der Waals surface area contributed by atoms with Gasteiger partial charge < -0.3 is 10.4 Å². The zero-order valence-electron chi connectivity index (χ0n) is 7.40. The zero-order valence-corrected chi connectivity index (χ0v) is 7.40. The van der Waals surface area contributed by atoms with Crippen LogP contribution in [0, 0.1) is 0 Å². The molecule has 0 spiro atoms. The first-order chi connectivity index (χ1) is 6.25. The average molecular weight is 180 g/mol. The molecule has 1 atom stereocenters. The summed E-state index contributed by atoms with van der Waals surface area (Å²) in [6, 6.07) is 3.30. The fourth-order valence-electron chi connectivity index (χ4n) is 0.987. The minimum Gasteiger partial charge on any atom is -0.384 e. The van der Waals surface area contributed by atoms with Crippen LogP contribution in [0.4, 0.5) is 0 Å². The van der Waals surface area contributed by atoms with Crippen LogP contribution in [0.1, 0.15) is 10.4 Å². The molecular formula is C9H12N2O2. The minimum atomic E-state index is -0.991. The van der Waals surface area contributed by atoms with Crippen molar-refractivity contribution in [3.05, 3.63) is 30.1 Å². The van der Waals surface area contributed by atoms with Gasteiger partial charge in [-0.3, -0.25) is 9.78 Å². The summed E-state index contributed by atoms with van der Waals surface area (Å²) in [5.41, 5.74) is 0.435. The smallest absolute Gasteiger partial charge is 0.194 e. The topological polar surface area (TPSA) is 62.2 Å². The molecule has 1 rings (SSSR count). The number of aliphatic hydroxyl groups is 1. The van der Waals surface area contributed by atoms with Crippen LogP contribution in [0.5, 0.6) is 0 Å². The standard InChI is InChI=1S/C9H12N2O2/c1-10-6-8(12)9(13)7-3-2-4-11-5-7/h2-5,8,10,12H,6H2,1H3. The number of carbonyl (C=O) groups is 1. The number of nitrogens with zero attached hydrogens (tertiary/aromatic N) is 1. The molecular weight excluding hydrogens is 168 g/mol. The lowest BCUT2D eigenvalue weighted by atomic mass is 10.1. The molecule has 0 aliphatic carbocycles. The summed E-state index contributed by atoms with van der Waals surface area (Å²) < 4.78 is 0. The summed E-state index contributed by atoms with van der Waals surface area (Å²) in [7, 11) is 1.68. The van der Waals surface area contributed by atoms with Crippen molar-refractivity contribution in [3.8, 4) is 0 Å². The van der Waals surface area contributed by atoms with Crippen LogP contribution in [0.2, 0.25) is 0 Å². The second kappa shape index (κ2) is 4.69. The molecule has 4 heteroatoms. The lowest BCUT2D eigenvalue weighted by Crippen LogP contribution is -2.31. The minimum absolute atomic E-state index is 0.258. The maximum atomic E-state index is 11.4. The molecule has 0 aliphatic rings. The molecule has 0 fully saturated rings. The Hall–Kier alpha value is -1.26. The second-order valence-electron chi connectivity index (χ2n) is 2.68. The molecule has 0 bridgehead atoms. The molecule has 1 unspecified atom stereocenters. The normalized spacial score (nSPS) is 12.5. The number of aromatic nitrogens is 1. The van der Waals surface area contributed by atoms with Gasteiger partial charge in [0.1, 0.15) is 6.10 Å². The van der Waals surface area contributed by atoms with Gasteiger partial charge in [0.2, 0.25) is 0 Å². The highest BCUT2D eigenvalue weighted by atomic mass is 16.3. The Morgan fingerprint density at radius 2 is 2.54 bits per heavy atom. The van der Waals surface area contributed by atoms with Crippen molar-refractivity contribution < 1.29 is 9.90 Å². The first kappa shape index (κ1) is 9.83. The third kappa shape index (κ3) is 2.61. The molecule has 0 saturated heterocycles. The predicted molar refractivity (Wildman–Crippen MR) is 48.5 cm³/mol. The highest BCUT2D eigenvalue weighted by molar-refractivity contribution is 5.99. The third-order valence-corrected chi connectivity index (χ3v) is 1.65. The number of hydrogen-bond donors (Lipinski definition) is 2. The molecule has 70 valence electrons. The SMILES string of the molecule is CNCC(O)C(=O)c1cccnc1. The van der Waals surface area contributed by atoms with E-state index in [1.807, 2.05) is 0 Å². The quantitative estimate of drug-likeness (QED) is 0.632. The fraction of sp³-hybridized carbons (Fsp3) is 0.333. The van der Waals surface area contributed by atoms with Crippen molar-refractivity contribution in [3.63, 3.8) is 0 Å². The highest BCUT2D eigenvalue weighted by Crippen LogP contribution is 2.00. The van der Waals surface area contributed by atoms with Gasteiger partial charge in [0.25, 0.3) is 0 Å². The fourth-order valence-corrected chi connectivity index (χ4v) is 0.987. The zero-order chi connectivity index (χ0) is 9.68. The average Bonchev–Trinajstić information content (AvgIpc) is 2.18. The van der Waals surface area contributed by atoms with Gasteiger partial charge in [-0.25, -0.2) is 0 Å². The summed E-state index contributed by atoms with van der Waals surface area (Å²) >= 11 is 0. The van der Waals surface area contributed by atoms with E-state index >= 15 is 0 Å². The Balaban J connectivity index is 2.68. The lowest BCUT2D eigenvalue weighted by molar-refractivity contribution is 0.0750. The van der Waals surface area contributed by atoms with E-state index in [4.69, 9.17) is 0 Å². The maximum absolute atomic E-state index is 11.4. The maximum Gasteiger partial charge on any atom is 0.194 e. The van der Waals surface area contributed by atoms with Crippen molar-refractivity contribution in [2.75, 3.05) is 13.6 Å². The predicted octanol–water partition coefficient (Wildman–Crippen LogP) is -0.155. The highest BCUT2D eigenvalue weighted by Gasteiger charge is 2.15. The van der Waals surface area contributed by atoms with Gasteiger partial charge in [0.05, 0.1) is 0 Å². The Bertz CT molecular complexity index is 274. The summed E-state index contributed by atoms with van der Waals surface area (Å²) in [6.07, 6.45) is 2.04. The van der Waals surface area contributed by atoms with E-state index in [2.05, 4.69) is 10.3 Å². The number of hydrogen-bond acceptors (Lipinski definition) is 4. The number of ketones is 1. The largest absolute Gasteiger partial charge is 0.384 e. The van der Waals surface area contributed by atoms with Crippen LogP contribution in [-0.2, 0) is 0 Å². The summed E-state index contributed by atoms with van der Waals surface area (Å²) in [5.74, 6) is -0.303. The Labute approximate surface area is 76.6 Å². The summed E-state index contributed by atoms with van der Waals surface area (Å²) in [5, 5.41) is 12.1. The van der Waals surface area contributed by atoms with Crippen molar-refractivity contribution in [1.82, 2.24) is 10.3 Å². The van der Waals surface area contributed by atoms with E-state index < -0.39 is 6.10 Å². The monoisotopic (exact) mass is 180 g/mol. The van der Waals surface area contributed by atoms with Crippen molar-refractivity contribution in [2.24, 2.45) is 0 Å². The Morgan fingerprint density at radius 1 is 1.77 bits per heavy atom. The van der Waals surface area contributed by atoms with Crippen LogP contribution in [0.3, 0.4) is 0 Å².